The highest BCUT2D eigenvalue weighted by atomic mass is 15.2. The first-order valence-electron chi connectivity index (χ1n) is 6.64. The van der Waals surface area contributed by atoms with Crippen molar-refractivity contribution in [2.75, 3.05) is 6.54 Å². The normalized spacial score (nSPS) is 25.7. The monoisotopic (exact) mass is 233 g/mol. The molecule has 1 aromatic heterocycles. The van der Waals surface area contributed by atoms with E-state index in [0.29, 0.717) is 16.9 Å². The third-order valence-corrected chi connectivity index (χ3v) is 5.30. The molecule has 0 atom stereocenters. The second-order valence-corrected chi connectivity index (χ2v) is 6.70. The molecule has 1 saturated carbocycles. The van der Waals surface area contributed by atoms with Gasteiger partial charge in [0.05, 0.1) is 5.69 Å². The van der Waals surface area contributed by atoms with Gasteiger partial charge < -0.3 is 9.88 Å². The zero-order valence-electron chi connectivity index (χ0n) is 11.6. The number of nitrogens with one attached hydrogen (secondary N) is 1. The van der Waals surface area contributed by atoms with Crippen LogP contribution in [0.1, 0.15) is 50.9 Å². The fourth-order valence-electron chi connectivity index (χ4n) is 3.62. The average molecular weight is 233 g/mol. The van der Waals surface area contributed by atoms with Gasteiger partial charge in [0.15, 0.2) is 0 Å². The Kier molecular flexibility index (Phi) is 2.08. The molecule has 0 amide bonds. The highest BCUT2D eigenvalue weighted by Crippen LogP contribution is 2.71. The number of rotatable bonds is 1. The van der Waals surface area contributed by atoms with Gasteiger partial charge in [-0.05, 0) is 17.8 Å². The van der Waals surface area contributed by atoms with Gasteiger partial charge in [-0.3, -0.25) is 0 Å². The fourth-order valence-corrected chi connectivity index (χ4v) is 3.62. The van der Waals surface area contributed by atoms with Crippen LogP contribution >= 0.6 is 0 Å². The lowest BCUT2D eigenvalue weighted by Gasteiger charge is -2.17. The quantitative estimate of drug-likeness (QED) is 0.807. The van der Waals surface area contributed by atoms with Crippen molar-refractivity contribution in [2.45, 2.75) is 53.6 Å². The number of aromatic nitrogens is 2. The van der Waals surface area contributed by atoms with Gasteiger partial charge in [0.25, 0.3) is 0 Å². The highest BCUT2D eigenvalue weighted by Gasteiger charge is 2.66. The minimum Gasteiger partial charge on any atom is -0.328 e. The zero-order chi connectivity index (χ0) is 12.4. The van der Waals surface area contributed by atoms with Gasteiger partial charge in [0.2, 0.25) is 0 Å². The predicted octanol–water partition coefficient (Wildman–Crippen LogP) is 2.44. The first-order valence-corrected chi connectivity index (χ1v) is 6.64. The number of aryl methyl sites for hydroxylation is 1. The van der Waals surface area contributed by atoms with E-state index in [1.54, 1.807) is 0 Å². The number of hydrogen-bond acceptors (Lipinski definition) is 2. The molecule has 0 saturated heterocycles. The summed E-state index contributed by atoms with van der Waals surface area (Å²) in [5.74, 6) is 1.20. The van der Waals surface area contributed by atoms with E-state index in [1.807, 2.05) is 0 Å². The molecule has 3 rings (SSSR count). The third kappa shape index (κ3) is 1.29. The second-order valence-electron chi connectivity index (χ2n) is 6.70. The molecule has 3 heteroatoms. The van der Waals surface area contributed by atoms with Crippen LogP contribution in [0.2, 0.25) is 0 Å². The van der Waals surface area contributed by atoms with Crippen LogP contribution < -0.4 is 5.32 Å². The van der Waals surface area contributed by atoms with Crippen LogP contribution in [0, 0.1) is 17.8 Å². The Bertz CT molecular complexity index is 454. The summed E-state index contributed by atoms with van der Waals surface area (Å²) in [6.07, 6.45) is 1.12. The maximum absolute atomic E-state index is 4.74. The maximum Gasteiger partial charge on any atom is 0.106 e. The molecule has 2 aliphatic rings. The smallest absolute Gasteiger partial charge is 0.106 e. The molecule has 3 nitrogen and oxygen atoms in total. The standard InChI is InChI=1S/C14H23N3/c1-9-16-10-8-15-7-6-11(10)17(9)12-13(2,3)14(12,4)5/h12,15H,6-8H2,1-5H3. The van der Waals surface area contributed by atoms with Crippen LogP contribution in [0.4, 0.5) is 0 Å². The Morgan fingerprint density at radius 2 is 1.88 bits per heavy atom. The maximum atomic E-state index is 4.74. The lowest BCUT2D eigenvalue weighted by molar-refractivity contribution is 0.457. The molecule has 0 unspecified atom stereocenters. The van der Waals surface area contributed by atoms with Gasteiger partial charge in [0.1, 0.15) is 5.82 Å². The van der Waals surface area contributed by atoms with Gasteiger partial charge >= 0.3 is 0 Å². The summed E-state index contributed by atoms with van der Waals surface area (Å²) in [6.45, 7) is 13.7. The minimum atomic E-state index is 0.386. The predicted molar refractivity (Wildman–Crippen MR) is 69.0 cm³/mol. The second kappa shape index (κ2) is 3.14. The summed E-state index contributed by atoms with van der Waals surface area (Å²) >= 11 is 0. The summed E-state index contributed by atoms with van der Waals surface area (Å²) in [5.41, 5.74) is 3.52. The molecule has 1 aromatic rings. The van der Waals surface area contributed by atoms with E-state index in [4.69, 9.17) is 4.98 Å². The largest absolute Gasteiger partial charge is 0.328 e. The summed E-state index contributed by atoms with van der Waals surface area (Å²) in [4.78, 5) is 4.74. The van der Waals surface area contributed by atoms with Crippen molar-refractivity contribution in [3.05, 3.63) is 17.2 Å². The molecule has 17 heavy (non-hydrogen) atoms. The van der Waals surface area contributed by atoms with Crippen molar-refractivity contribution in [3.8, 4) is 0 Å². The van der Waals surface area contributed by atoms with Crippen LogP contribution in [0.3, 0.4) is 0 Å². The molecule has 94 valence electrons. The van der Waals surface area contributed by atoms with Crippen molar-refractivity contribution in [1.29, 1.82) is 0 Å². The van der Waals surface area contributed by atoms with Crippen molar-refractivity contribution in [3.63, 3.8) is 0 Å². The van der Waals surface area contributed by atoms with Gasteiger partial charge in [-0.25, -0.2) is 4.98 Å². The van der Waals surface area contributed by atoms with Crippen LogP contribution in [-0.4, -0.2) is 16.1 Å². The Morgan fingerprint density at radius 1 is 1.24 bits per heavy atom. The van der Waals surface area contributed by atoms with E-state index in [0.717, 1.165) is 19.5 Å². The van der Waals surface area contributed by atoms with Gasteiger partial charge in [0, 0.05) is 31.2 Å². The van der Waals surface area contributed by atoms with E-state index >= 15 is 0 Å². The van der Waals surface area contributed by atoms with E-state index in [2.05, 4.69) is 44.5 Å². The summed E-state index contributed by atoms with van der Waals surface area (Å²) in [6, 6.07) is 0.615. The molecule has 2 heterocycles. The van der Waals surface area contributed by atoms with Crippen LogP contribution in [0.25, 0.3) is 0 Å². The van der Waals surface area contributed by atoms with Gasteiger partial charge in [-0.15, -0.1) is 0 Å². The van der Waals surface area contributed by atoms with E-state index in [-0.39, 0.29) is 0 Å². The zero-order valence-corrected chi connectivity index (χ0v) is 11.6. The summed E-state index contributed by atoms with van der Waals surface area (Å²) < 4.78 is 2.52. The summed E-state index contributed by atoms with van der Waals surface area (Å²) in [5, 5.41) is 3.41. The fraction of sp³-hybridized carbons (Fsp3) is 0.786. The Labute approximate surface area is 104 Å². The number of hydrogen-bond donors (Lipinski definition) is 1. The van der Waals surface area contributed by atoms with Crippen molar-refractivity contribution >= 4 is 0 Å². The molecule has 1 aliphatic heterocycles. The number of fused-ring (bicyclic) bond motifs is 1. The van der Waals surface area contributed by atoms with Crippen LogP contribution in [-0.2, 0) is 13.0 Å². The molecule has 0 spiro atoms. The van der Waals surface area contributed by atoms with Crippen LogP contribution in [0.15, 0.2) is 0 Å². The van der Waals surface area contributed by atoms with Crippen LogP contribution in [0.5, 0.6) is 0 Å². The highest BCUT2D eigenvalue weighted by molar-refractivity contribution is 5.27. The van der Waals surface area contributed by atoms with E-state index in [9.17, 15) is 0 Å². The Hall–Kier alpha value is -0.830. The molecule has 1 fully saturated rings. The first-order chi connectivity index (χ1) is 7.87. The minimum absolute atomic E-state index is 0.386. The molecule has 1 N–H and O–H groups in total. The molecule has 1 aliphatic carbocycles. The van der Waals surface area contributed by atoms with Gasteiger partial charge in [-0.1, -0.05) is 27.7 Å². The number of imidazole rings is 1. The van der Waals surface area contributed by atoms with Crippen molar-refractivity contribution in [1.82, 2.24) is 14.9 Å². The molecule has 0 aromatic carbocycles. The van der Waals surface area contributed by atoms with Crippen molar-refractivity contribution < 1.29 is 0 Å². The lowest BCUT2D eigenvalue weighted by atomic mass is 10.0. The first kappa shape index (κ1) is 11.3. The molecular formula is C14H23N3. The van der Waals surface area contributed by atoms with Crippen molar-refractivity contribution in [2.24, 2.45) is 10.8 Å². The Balaban J connectivity index is 2.08. The van der Waals surface area contributed by atoms with Gasteiger partial charge in [-0.2, -0.15) is 0 Å². The third-order valence-electron chi connectivity index (χ3n) is 5.30. The van der Waals surface area contributed by atoms with E-state index in [1.165, 1.54) is 17.2 Å². The molecule has 0 bridgehead atoms. The molecular weight excluding hydrogens is 210 g/mol. The lowest BCUT2D eigenvalue weighted by Crippen LogP contribution is -2.25. The summed E-state index contributed by atoms with van der Waals surface area (Å²) in [7, 11) is 0. The Morgan fingerprint density at radius 3 is 2.47 bits per heavy atom. The van der Waals surface area contributed by atoms with E-state index < -0.39 is 0 Å². The number of nitrogens with zero attached hydrogens (tertiary/aromatic N) is 2. The molecule has 0 radical (unpaired) electrons. The topological polar surface area (TPSA) is 29.9 Å². The average Bonchev–Trinajstić information content (AvgIpc) is 2.55. The SMILES string of the molecule is Cc1nc2c(n1C1C(C)(C)C1(C)C)CCNC2.